The molecule has 2 heterocycles. The van der Waals surface area contributed by atoms with Crippen molar-refractivity contribution in [1.82, 2.24) is 4.90 Å². The molecule has 0 radical (unpaired) electrons. The first-order valence-corrected chi connectivity index (χ1v) is 4.74. The Morgan fingerprint density at radius 2 is 2.20 bits per heavy atom. The van der Waals surface area contributed by atoms with Crippen LogP contribution in [0.25, 0.3) is 0 Å². The molecule has 0 aromatic rings. The van der Waals surface area contributed by atoms with Crippen LogP contribution >= 0.6 is 0 Å². The molecule has 6 heteroatoms. The monoisotopic (exact) mass is 207 g/mol. The molecule has 0 N–H and O–H groups in total. The second kappa shape index (κ2) is 4.31. The number of hydrogen-bond acceptors (Lipinski definition) is 6. The van der Waals surface area contributed by atoms with Crippen LogP contribution < -0.4 is 0 Å². The molecule has 0 amide bonds. The summed E-state index contributed by atoms with van der Waals surface area (Å²) in [5, 5.41) is 0. The zero-order valence-electron chi connectivity index (χ0n) is 8.79. The van der Waals surface area contributed by atoms with E-state index in [1.165, 1.54) is 12.7 Å². The Hall–Kier alpha value is -1.56. The summed E-state index contributed by atoms with van der Waals surface area (Å²) in [4.78, 5) is 18.2. The zero-order valence-corrected chi connectivity index (χ0v) is 8.79. The van der Waals surface area contributed by atoms with Gasteiger partial charge in [-0.2, -0.15) is 0 Å². The van der Waals surface area contributed by atoms with Crippen molar-refractivity contribution in [1.29, 1.82) is 0 Å². The Balaban J connectivity index is 1.92. The summed E-state index contributed by atoms with van der Waals surface area (Å²) >= 11 is 0. The molecule has 2 aliphatic rings. The third-order valence-electron chi connectivity index (χ3n) is 2.05. The van der Waals surface area contributed by atoms with E-state index in [0.29, 0.717) is 18.3 Å². The number of fused-ring (bicyclic) bond motifs is 1. The van der Waals surface area contributed by atoms with Gasteiger partial charge in [0.15, 0.2) is 11.9 Å². The van der Waals surface area contributed by atoms with Crippen LogP contribution in [0.4, 0.5) is 0 Å². The van der Waals surface area contributed by atoms with Gasteiger partial charge < -0.3 is 9.64 Å². The number of ether oxygens (including phenoxy) is 1. The molecule has 1 unspecified atom stereocenters. The van der Waals surface area contributed by atoms with Crippen LogP contribution in [0.3, 0.4) is 0 Å². The van der Waals surface area contributed by atoms with Crippen molar-refractivity contribution in [2.45, 2.75) is 6.04 Å². The molecule has 0 aliphatic carbocycles. The molecule has 0 fully saturated rings. The summed E-state index contributed by atoms with van der Waals surface area (Å²) in [5.41, 5.74) is 0. The van der Waals surface area contributed by atoms with E-state index in [2.05, 4.69) is 20.0 Å². The second-order valence-electron chi connectivity index (χ2n) is 3.52. The highest BCUT2D eigenvalue weighted by molar-refractivity contribution is 6.18. The third-order valence-corrected chi connectivity index (χ3v) is 2.05. The molecule has 15 heavy (non-hydrogen) atoms. The van der Waals surface area contributed by atoms with E-state index >= 15 is 0 Å². The fourth-order valence-electron chi connectivity index (χ4n) is 1.24. The normalized spacial score (nSPS) is 22.7. The summed E-state index contributed by atoms with van der Waals surface area (Å²) < 4.78 is 5.53. The zero-order chi connectivity index (χ0) is 10.7. The lowest BCUT2D eigenvalue weighted by atomic mass is 10.3. The largest absolute Gasteiger partial charge is 0.477 e. The number of likely N-dealkylation sites (N-methyl/N-ethyl adjacent to an activating group) is 1. The molecule has 6 nitrogen and oxygen atoms in total. The number of rotatable bonds is 3. The lowest BCUT2D eigenvalue weighted by Crippen LogP contribution is -2.32. The van der Waals surface area contributed by atoms with Crippen molar-refractivity contribution in [3.8, 4) is 0 Å². The molecule has 2 aliphatic heterocycles. The summed E-state index contributed by atoms with van der Waals surface area (Å²) in [7, 11) is 3.99. The van der Waals surface area contributed by atoms with Crippen molar-refractivity contribution in [3.63, 3.8) is 0 Å². The van der Waals surface area contributed by atoms with Gasteiger partial charge in [0, 0.05) is 6.54 Å². The van der Waals surface area contributed by atoms with E-state index < -0.39 is 0 Å². The quantitative estimate of drug-likeness (QED) is 0.644. The maximum absolute atomic E-state index is 5.53. The van der Waals surface area contributed by atoms with Gasteiger partial charge in [0.05, 0.1) is 0 Å². The van der Waals surface area contributed by atoms with Crippen LogP contribution in [0.2, 0.25) is 0 Å². The maximum Gasteiger partial charge on any atom is 0.223 e. The third kappa shape index (κ3) is 2.27. The molecular formula is C9H13N5O. The van der Waals surface area contributed by atoms with Gasteiger partial charge in [0.25, 0.3) is 0 Å². The minimum Gasteiger partial charge on any atom is -0.477 e. The molecule has 0 aromatic heterocycles. The van der Waals surface area contributed by atoms with Crippen LogP contribution in [0.15, 0.2) is 20.0 Å². The predicted molar refractivity (Wildman–Crippen MR) is 60.1 cm³/mol. The smallest absolute Gasteiger partial charge is 0.223 e. The van der Waals surface area contributed by atoms with E-state index in [4.69, 9.17) is 4.74 Å². The number of aliphatic imine (C=N–C) groups is 4. The Morgan fingerprint density at radius 3 is 3.00 bits per heavy atom. The van der Waals surface area contributed by atoms with Crippen molar-refractivity contribution in [2.75, 3.05) is 27.2 Å². The van der Waals surface area contributed by atoms with Gasteiger partial charge in [-0.15, -0.1) is 0 Å². The van der Waals surface area contributed by atoms with Crippen molar-refractivity contribution >= 4 is 24.4 Å². The summed E-state index contributed by atoms with van der Waals surface area (Å²) in [5.74, 6) is 1.24. The molecule has 1 atom stereocenters. The first-order chi connectivity index (χ1) is 7.27. The van der Waals surface area contributed by atoms with Crippen LogP contribution in [-0.2, 0) is 4.74 Å². The topological polar surface area (TPSA) is 61.9 Å². The highest BCUT2D eigenvalue weighted by Gasteiger charge is 2.27. The van der Waals surface area contributed by atoms with E-state index in [9.17, 15) is 0 Å². The molecule has 0 saturated carbocycles. The maximum atomic E-state index is 5.53. The number of amidine groups is 1. The van der Waals surface area contributed by atoms with Crippen molar-refractivity contribution in [3.05, 3.63) is 0 Å². The van der Waals surface area contributed by atoms with Crippen LogP contribution in [0, 0.1) is 0 Å². The van der Waals surface area contributed by atoms with Gasteiger partial charge in [-0.1, -0.05) is 0 Å². The lowest BCUT2D eigenvalue weighted by molar-refractivity contribution is 0.246. The first-order valence-electron chi connectivity index (χ1n) is 4.74. The highest BCUT2D eigenvalue weighted by Crippen LogP contribution is 2.09. The average molecular weight is 207 g/mol. The van der Waals surface area contributed by atoms with Gasteiger partial charge >= 0.3 is 0 Å². The van der Waals surface area contributed by atoms with Crippen molar-refractivity contribution < 1.29 is 4.74 Å². The minimum absolute atomic E-state index is 0.225. The first kappa shape index (κ1) is 9.97. The fourth-order valence-corrected chi connectivity index (χ4v) is 1.24. The molecule has 2 rings (SSSR count). The van der Waals surface area contributed by atoms with E-state index in [1.54, 1.807) is 0 Å². The van der Waals surface area contributed by atoms with Crippen molar-refractivity contribution in [2.24, 2.45) is 20.0 Å². The predicted octanol–water partition coefficient (Wildman–Crippen LogP) is -0.186. The van der Waals surface area contributed by atoms with Gasteiger partial charge in [-0.3, -0.25) is 4.99 Å². The Morgan fingerprint density at radius 1 is 1.33 bits per heavy atom. The molecule has 0 saturated heterocycles. The second-order valence-corrected chi connectivity index (χ2v) is 3.52. The summed E-state index contributed by atoms with van der Waals surface area (Å²) in [6.45, 7) is 1.44. The van der Waals surface area contributed by atoms with E-state index in [1.807, 2.05) is 19.0 Å². The highest BCUT2D eigenvalue weighted by atomic mass is 16.5. The molecular weight excluding hydrogens is 194 g/mol. The summed E-state index contributed by atoms with van der Waals surface area (Å²) in [6, 6.07) is -0.225. The Bertz CT molecular complexity index is 356. The Kier molecular flexibility index (Phi) is 2.86. The van der Waals surface area contributed by atoms with Crippen LogP contribution in [-0.4, -0.2) is 62.6 Å². The van der Waals surface area contributed by atoms with Gasteiger partial charge in [0.2, 0.25) is 5.90 Å². The van der Waals surface area contributed by atoms with Gasteiger partial charge in [-0.05, 0) is 14.1 Å². The van der Waals surface area contributed by atoms with E-state index in [-0.39, 0.29) is 6.04 Å². The number of hydrogen-bond donors (Lipinski definition) is 0. The number of nitrogens with zero attached hydrogens (tertiary/aromatic N) is 5. The molecule has 0 aromatic carbocycles. The molecule has 0 bridgehead atoms. The Labute approximate surface area is 88.1 Å². The molecule has 0 spiro atoms. The van der Waals surface area contributed by atoms with Crippen LogP contribution in [0.1, 0.15) is 0 Å². The fraction of sp³-hybridized carbons (Fsp3) is 0.556. The standard InChI is InChI=1S/C9H13N5O/c1-14(2)3-4-15-9-7-8(11-5-10-7)12-6-13-9/h5-7H,3-4H2,1-2H3. The SMILES string of the molecule is CN(C)CCOC1=NC=NC2=NC=NC21. The minimum atomic E-state index is -0.225. The van der Waals surface area contributed by atoms with E-state index in [0.717, 1.165) is 6.54 Å². The van der Waals surface area contributed by atoms with Crippen LogP contribution in [0.5, 0.6) is 0 Å². The molecule has 80 valence electrons. The van der Waals surface area contributed by atoms with Gasteiger partial charge in [-0.25, -0.2) is 15.0 Å². The summed E-state index contributed by atoms with van der Waals surface area (Å²) in [6.07, 6.45) is 2.95. The van der Waals surface area contributed by atoms with Gasteiger partial charge in [0.1, 0.15) is 19.3 Å². The average Bonchev–Trinajstić information content (AvgIpc) is 2.65. The lowest BCUT2D eigenvalue weighted by Gasteiger charge is -2.16.